The van der Waals surface area contributed by atoms with Gasteiger partial charge in [-0.2, -0.15) is 0 Å². The average molecular weight is 433 g/mol. The van der Waals surface area contributed by atoms with Gasteiger partial charge in [-0.1, -0.05) is 60.7 Å². The Morgan fingerprint density at radius 1 is 0.588 bits per heavy atom. The minimum absolute atomic E-state index is 0.147. The van der Waals surface area contributed by atoms with Gasteiger partial charge in [0, 0.05) is 32.7 Å². The van der Waals surface area contributed by atoms with Gasteiger partial charge in [0.1, 0.15) is 22.7 Å². The number of para-hydroxylation sites is 3. The van der Waals surface area contributed by atoms with Gasteiger partial charge in [-0.3, -0.25) is 0 Å². The summed E-state index contributed by atoms with van der Waals surface area (Å²) in [5.41, 5.74) is 9.34. The lowest BCUT2D eigenvalue weighted by atomic mass is 9.34. The van der Waals surface area contributed by atoms with Crippen molar-refractivity contribution in [3.63, 3.8) is 0 Å². The highest BCUT2D eigenvalue weighted by Gasteiger charge is 2.40. The standard InChI is InChI=1S/C30H16BNO2/c1-3-12-23-17(7-1)28-25(33-23)16-15-21-27(28)18-8-5-10-20-30(18)32(21)22-11-6-14-26-29(22)31(20)19-9-2-4-13-24(19)34-26/h1-16H. The van der Waals surface area contributed by atoms with Gasteiger partial charge in [0.2, 0.25) is 0 Å². The van der Waals surface area contributed by atoms with Crippen LogP contribution < -0.4 is 21.1 Å². The van der Waals surface area contributed by atoms with Crippen molar-refractivity contribution in [1.29, 1.82) is 0 Å². The average Bonchev–Trinajstić information content (AvgIpc) is 3.43. The molecule has 0 radical (unpaired) electrons. The summed E-state index contributed by atoms with van der Waals surface area (Å²) in [5, 5.41) is 4.88. The summed E-state index contributed by atoms with van der Waals surface area (Å²) in [6, 6.07) is 34.3. The van der Waals surface area contributed by atoms with Crippen LogP contribution in [0.1, 0.15) is 0 Å². The molecule has 34 heavy (non-hydrogen) atoms. The molecule has 0 spiro atoms. The lowest BCUT2D eigenvalue weighted by molar-refractivity contribution is 0.487. The molecule has 0 amide bonds. The number of furan rings is 1. The highest BCUT2D eigenvalue weighted by atomic mass is 16.5. The molecule has 0 bridgehead atoms. The number of aromatic nitrogens is 1. The van der Waals surface area contributed by atoms with E-state index in [1.54, 1.807) is 0 Å². The van der Waals surface area contributed by atoms with E-state index in [1.165, 1.54) is 49.3 Å². The molecule has 2 aliphatic rings. The number of rotatable bonds is 0. The van der Waals surface area contributed by atoms with Gasteiger partial charge >= 0.3 is 0 Å². The summed E-state index contributed by atoms with van der Waals surface area (Å²) in [5.74, 6) is 1.89. The van der Waals surface area contributed by atoms with E-state index in [4.69, 9.17) is 9.15 Å². The van der Waals surface area contributed by atoms with Gasteiger partial charge in [0.05, 0.1) is 5.52 Å². The van der Waals surface area contributed by atoms with Crippen molar-refractivity contribution < 1.29 is 9.15 Å². The molecule has 0 atom stereocenters. The number of hydrogen-bond donors (Lipinski definition) is 0. The largest absolute Gasteiger partial charge is 0.458 e. The predicted octanol–water partition coefficient (Wildman–Crippen LogP) is 5.62. The van der Waals surface area contributed by atoms with Crippen LogP contribution in [-0.2, 0) is 0 Å². The maximum atomic E-state index is 6.41. The molecule has 7 aromatic rings. The summed E-state index contributed by atoms with van der Waals surface area (Å²) < 4.78 is 15.1. The molecule has 0 aliphatic carbocycles. The van der Waals surface area contributed by atoms with E-state index in [9.17, 15) is 0 Å². The number of benzene rings is 5. The van der Waals surface area contributed by atoms with Gasteiger partial charge in [0.15, 0.2) is 0 Å². The molecule has 0 fully saturated rings. The van der Waals surface area contributed by atoms with Crippen molar-refractivity contribution in [2.45, 2.75) is 0 Å². The molecule has 0 N–H and O–H groups in total. The summed E-state index contributed by atoms with van der Waals surface area (Å²) >= 11 is 0. The zero-order valence-corrected chi connectivity index (χ0v) is 18.1. The van der Waals surface area contributed by atoms with Crippen molar-refractivity contribution in [2.75, 3.05) is 0 Å². The second-order valence-electron chi connectivity index (χ2n) is 9.27. The Balaban J connectivity index is 1.55. The zero-order chi connectivity index (χ0) is 22.0. The molecule has 3 nitrogen and oxygen atoms in total. The first-order valence-electron chi connectivity index (χ1n) is 11.7. The first-order chi connectivity index (χ1) is 16.9. The predicted molar refractivity (Wildman–Crippen MR) is 139 cm³/mol. The fourth-order valence-electron chi connectivity index (χ4n) is 6.40. The topological polar surface area (TPSA) is 27.3 Å². The second kappa shape index (κ2) is 5.73. The van der Waals surface area contributed by atoms with Gasteiger partial charge in [-0.05, 0) is 52.8 Å². The van der Waals surface area contributed by atoms with Gasteiger partial charge in [-0.15, -0.1) is 0 Å². The Labute approximate surface area is 194 Å². The monoisotopic (exact) mass is 433 g/mol. The molecular formula is C30H16BNO2. The Morgan fingerprint density at radius 3 is 2.38 bits per heavy atom. The molecule has 9 rings (SSSR count). The third kappa shape index (κ3) is 1.85. The summed E-state index contributed by atoms with van der Waals surface area (Å²) in [6.07, 6.45) is 0. The van der Waals surface area contributed by atoms with Crippen LogP contribution >= 0.6 is 0 Å². The van der Waals surface area contributed by atoms with E-state index >= 15 is 0 Å². The van der Waals surface area contributed by atoms with Gasteiger partial charge in [0.25, 0.3) is 6.71 Å². The number of fused-ring (bicyclic) bond motifs is 11. The van der Waals surface area contributed by atoms with Crippen LogP contribution in [0.5, 0.6) is 11.5 Å². The molecule has 0 unspecified atom stereocenters. The van der Waals surface area contributed by atoms with Gasteiger partial charge in [-0.25, -0.2) is 0 Å². The molecule has 2 aromatic heterocycles. The Kier molecular flexibility index (Phi) is 2.88. The zero-order valence-electron chi connectivity index (χ0n) is 18.1. The highest BCUT2D eigenvalue weighted by Crippen LogP contribution is 2.42. The van der Waals surface area contributed by atoms with E-state index in [0.717, 1.165) is 28.1 Å². The van der Waals surface area contributed by atoms with Crippen LogP contribution in [0.2, 0.25) is 0 Å². The lowest BCUT2D eigenvalue weighted by Crippen LogP contribution is -2.58. The minimum Gasteiger partial charge on any atom is -0.458 e. The van der Waals surface area contributed by atoms with Crippen molar-refractivity contribution in [2.24, 2.45) is 0 Å². The number of ether oxygens (including phenoxy) is 1. The van der Waals surface area contributed by atoms with Crippen LogP contribution in [0.15, 0.2) is 101 Å². The third-order valence-electron chi connectivity index (χ3n) is 7.66. The summed E-state index contributed by atoms with van der Waals surface area (Å²) in [6.45, 7) is 0.147. The van der Waals surface area contributed by atoms with Crippen LogP contribution in [0.3, 0.4) is 0 Å². The van der Waals surface area contributed by atoms with E-state index in [2.05, 4.69) is 95.6 Å². The first-order valence-corrected chi connectivity index (χ1v) is 11.7. The minimum atomic E-state index is 0.147. The molecule has 4 heteroatoms. The molecule has 0 saturated carbocycles. The molecule has 5 aromatic carbocycles. The van der Waals surface area contributed by atoms with Crippen molar-refractivity contribution in [1.82, 2.24) is 4.57 Å². The fourth-order valence-corrected chi connectivity index (χ4v) is 6.40. The molecular weight excluding hydrogens is 417 g/mol. The normalized spacial score (nSPS) is 13.5. The molecule has 4 heterocycles. The second-order valence-corrected chi connectivity index (χ2v) is 9.27. The summed E-state index contributed by atoms with van der Waals surface area (Å²) in [7, 11) is 0. The smallest absolute Gasteiger partial charge is 0.256 e. The first kappa shape index (κ1) is 17.1. The molecule has 2 aliphatic heterocycles. The van der Waals surface area contributed by atoms with Crippen LogP contribution in [-0.4, -0.2) is 11.3 Å². The van der Waals surface area contributed by atoms with Crippen molar-refractivity contribution in [3.05, 3.63) is 97.1 Å². The van der Waals surface area contributed by atoms with Crippen LogP contribution in [0.25, 0.3) is 49.4 Å². The van der Waals surface area contributed by atoms with E-state index in [-0.39, 0.29) is 6.71 Å². The van der Waals surface area contributed by atoms with E-state index in [1.807, 2.05) is 6.07 Å². The lowest BCUT2D eigenvalue weighted by Gasteiger charge is -2.33. The fraction of sp³-hybridized carbons (Fsp3) is 0. The molecule has 0 saturated heterocycles. The van der Waals surface area contributed by atoms with Crippen molar-refractivity contribution >= 4 is 66.8 Å². The van der Waals surface area contributed by atoms with Crippen molar-refractivity contribution in [3.8, 4) is 17.2 Å². The van der Waals surface area contributed by atoms with Gasteiger partial charge < -0.3 is 13.7 Å². The van der Waals surface area contributed by atoms with E-state index < -0.39 is 0 Å². The Bertz CT molecular complexity index is 2010. The van der Waals surface area contributed by atoms with Crippen LogP contribution in [0.4, 0.5) is 0 Å². The number of nitrogens with zero attached hydrogens (tertiary/aromatic N) is 1. The number of hydrogen-bond acceptors (Lipinski definition) is 2. The highest BCUT2D eigenvalue weighted by molar-refractivity contribution is 6.99. The molecule has 156 valence electrons. The summed E-state index contributed by atoms with van der Waals surface area (Å²) in [4.78, 5) is 0. The quantitative estimate of drug-likeness (QED) is 0.291. The Hall–Kier alpha value is -4.44. The Morgan fingerprint density at radius 2 is 1.38 bits per heavy atom. The maximum Gasteiger partial charge on any atom is 0.256 e. The maximum absolute atomic E-state index is 6.41. The SMILES string of the molecule is c1ccc2c(c1)Oc1cccc3c1B2c1cccc2c4c5c(ccc4n-3c12)oc1ccccc15. The van der Waals surface area contributed by atoms with Crippen LogP contribution in [0, 0.1) is 0 Å². The van der Waals surface area contributed by atoms with E-state index in [0.29, 0.717) is 0 Å². The third-order valence-corrected chi connectivity index (χ3v) is 7.66.